The number of carbonyl (C=O) groups excluding carboxylic acids is 2. The quantitative estimate of drug-likeness (QED) is 0.750. The van der Waals surface area contributed by atoms with Crippen molar-refractivity contribution in [2.75, 3.05) is 24.5 Å². The van der Waals surface area contributed by atoms with E-state index < -0.39 is 5.60 Å². The van der Waals surface area contributed by atoms with E-state index in [4.69, 9.17) is 16.3 Å². The number of nitriles is 1. The first-order chi connectivity index (χ1) is 13.1. The summed E-state index contributed by atoms with van der Waals surface area (Å²) in [5.74, 6) is 0. The SMILES string of the molecule is CC[C@@H]1CN2C(=O)N(c3ccc(Cl)cc3C#N)C[C@@H]2CN1C(=O)OC(C)(C)C. The van der Waals surface area contributed by atoms with E-state index in [-0.39, 0.29) is 24.2 Å². The largest absolute Gasteiger partial charge is 0.444 e. The van der Waals surface area contributed by atoms with Crippen LogP contribution in [0.4, 0.5) is 15.3 Å². The molecule has 7 nitrogen and oxygen atoms in total. The lowest BCUT2D eigenvalue weighted by atomic mass is 10.1. The molecule has 0 radical (unpaired) electrons. The van der Waals surface area contributed by atoms with Gasteiger partial charge in [0.2, 0.25) is 0 Å². The van der Waals surface area contributed by atoms with Crippen molar-refractivity contribution in [3.63, 3.8) is 0 Å². The Bertz CT molecular complexity index is 830. The summed E-state index contributed by atoms with van der Waals surface area (Å²) in [7, 11) is 0. The highest BCUT2D eigenvalue weighted by molar-refractivity contribution is 6.30. The molecule has 2 heterocycles. The first-order valence-electron chi connectivity index (χ1n) is 9.42. The van der Waals surface area contributed by atoms with Crippen LogP contribution in [0, 0.1) is 11.3 Å². The fourth-order valence-corrected chi connectivity index (χ4v) is 3.88. The molecule has 2 fully saturated rings. The summed E-state index contributed by atoms with van der Waals surface area (Å²) in [6, 6.07) is 6.63. The molecule has 2 atom stereocenters. The Kier molecular flexibility index (Phi) is 5.44. The van der Waals surface area contributed by atoms with Crippen molar-refractivity contribution in [3.8, 4) is 6.07 Å². The number of hydrogen-bond donors (Lipinski definition) is 0. The van der Waals surface area contributed by atoms with Crippen LogP contribution in [-0.4, -0.2) is 59.2 Å². The second-order valence-electron chi connectivity index (χ2n) is 8.17. The molecule has 3 amide bonds. The van der Waals surface area contributed by atoms with Crippen molar-refractivity contribution in [2.24, 2.45) is 0 Å². The fourth-order valence-electron chi connectivity index (χ4n) is 3.71. The van der Waals surface area contributed by atoms with Gasteiger partial charge in [-0.1, -0.05) is 18.5 Å². The summed E-state index contributed by atoms with van der Waals surface area (Å²) in [6.45, 7) is 8.78. The van der Waals surface area contributed by atoms with Gasteiger partial charge in [0.1, 0.15) is 11.7 Å². The predicted octanol–water partition coefficient (Wildman–Crippen LogP) is 3.85. The van der Waals surface area contributed by atoms with Gasteiger partial charge in [-0.15, -0.1) is 0 Å². The molecule has 8 heteroatoms. The molecule has 2 saturated heterocycles. The molecule has 1 aromatic rings. The molecule has 0 aliphatic carbocycles. The molecule has 0 spiro atoms. The van der Waals surface area contributed by atoms with E-state index in [1.807, 2.05) is 27.7 Å². The average molecular weight is 405 g/mol. The van der Waals surface area contributed by atoms with Gasteiger partial charge in [-0.2, -0.15) is 5.26 Å². The highest BCUT2D eigenvalue weighted by Gasteiger charge is 2.46. The number of carbonyl (C=O) groups is 2. The van der Waals surface area contributed by atoms with Crippen molar-refractivity contribution in [3.05, 3.63) is 28.8 Å². The Labute approximate surface area is 170 Å². The van der Waals surface area contributed by atoms with Gasteiger partial charge in [-0.25, -0.2) is 9.59 Å². The monoisotopic (exact) mass is 404 g/mol. The van der Waals surface area contributed by atoms with Gasteiger partial charge >= 0.3 is 12.1 Å². The van der Waals surface area contributed by atoms with Crippen molar-refractivity contribution in [1.82, 2.24) is 9.80 Å². The summed E-state index contributed by atoms with van der Waals surface area (Å²) >= 11 is 5.98. The van der Waals surface area contributed by atoms with E-state index in [9.17, 15) is 14.9 Å². The van der Waals surface area contributed by atoms with E-state index in [0.29, 0.717) is 35.9 Å². The minimum absolute atomic E-state index is 0.101. The van der Waals surface area contributed by atoms with Crippen LogP contribution in [0.1, 0.15) is 39.7 Å². The maximum Gasteiger partial charge on any atom is 0.410 e. The van der Waals surface area contributed by atoms with E-state index in [0.717, 1.165) is 6.42 Å². The summed E-state index contributed by atoms with van der Waals surface area (Å²) < 4.78 is 5.56. The highest BCUT2D eigenvalue weighted by Crippen LogP contribution is 2.32. The third kappa shape index (κ3) is 3.88. The Morgan fingerprint density at radius 3 is 2.64 bits per heavy atom. The number of piperazine rings is 1. The summed E-state index contributed by atoms with van der Waals surface area (Å²) in [4.78, 5) is 30.8. The van der Waals surface area contributed by atoms with Gasteiger partial charge < -0.3 is 14.5 Å². The molecular weight excluding hydrogens is 380 g/mol. The smallest absolute Gasteiger partial charge is 0.410 e. The normalized spacial score (nSPS) is 22.1. The third-order valence-electron chi connectivity index (χ3n) is 5.04. The van der Waals surface area contributed by atoms with Crippen molar-refractivity contribution >= 4 is 29.4 Å². The molecule has 28 heavy (non-hydrogen) atoms. The van der Waals surface area contributed by atoms with Crippen molar-refractivity contribution < 1.29 is 14.3 Å². The van der Waals surface area contributed by atoms with Gasteiger partial charge in [0.05, 0.1) is 23.3 Å². The lowest BCUT2D eigenvalue weighted by Gasteiger charge is -2.42. The van der Waals surface area contributed by atoms with Crippen LogP contribution in [0.2, 0.25) is 5.02 Å². The van der Waals surface area contributed by atoms with Crippen molar-refractivity contribution in [1.29, 1.82) is 5.26 Å². The maximum atomic E-state index is 13.0. The van der Waals surface area contributed by atoms with Crippen LogP contribution in [0.5, 0.6) is 0 Å². The number of benzene rings is 1. The number of hydrogen-bond acceptors (Lipinski definition) is 4. The van der Waals surface area contributed by atoms with E-state index in [1.165, 1.54) is 0 Å². The Morgan fingerprint density at radius 2 is 2.04 bits per heavy atom. The van der Waals surface area contributed by atoms with Crippen LogP contribution in [0.3, 0.4) is 0 Å². The first kappa shape index (κ1) is 20.3. The molecule has 3 rings (SSSR count). The fraction of sp³-hybridized carbons (Fsp3) is 0.550. The second-order valence-corrected chi connectivity index (χ2v) is 8.60. The number of nitrogens with zero attached hydrogens (tertiary/aromatic N) is 4. The van der Waals surface area contributed by atoms with Crippen LogP contribution in [0.25, 0.3) is 0 Å². The van der Waals surface area contributed by atoms with Crippen LogP contribution in [-0.2, 0) is 4.74 Å². The van der Waals surface area contributed by atoms with Gasteiger partial charge in [-0.05, 0) is 45.4 Å². The number of rotatable bonds is 2. The van der Waals surface area contributed by atoms with E-state index >= 15 is 0 Å². The standard InChI is InChI=1S/C20H25ClN4O3/c1-5-15-10-23-16(11-24(15)19(27)28-20(2,3)4)12-25(18(23)26)17-7-6-14(21)8-13(17)9-22/h6-8,15-16H,5,10-12H2,1-4H3/t15-,16+/m1/s1. The van der Waals surface area contributed by atoms with Gasteiger partial charge in [0, 0.05) is 24.7 Å². The zero-order valence-corrected chi connectivity index (χ0v) is 17.4. The van der Waals surface area contributed by atoms with E-state index in [2.05, 4.69) is 6.07 Å². The topological polar surface area (TPSA) is 76.9 Å². The van der Waals surface area contributed by atoms with Crippen molar-refractivity contribution in [2.45, 2.75) is 51.8 Å². The average Bonchev–Trinajstić information content (AvgIpc) is 2.94. The zero-order valence-electron chi connectivity index (χ0n) is 16.6. The first-order valence-corrected chi connectivity index (χ1v) is 9.79. The Morgan fingerprint density at radius 1 is 1.32 bits per heavy atom. The van der Waals surface area contributed by atoms with Crippen LogP contribution < -0.4 is 4.90 Å². The minimum atomic E-state index is -0.574. The maximum absolute atomic E-state index is 13.0. The molecule has 1 aromatic carbocycles. The molecule has 2 aliphatic heterocycles. The molecule has 0 bridgehead atoms. The Balaban J connectivity index is 1.84. The van der Waals surface area contributed by atoms with Gasteiger partial charge in [0.15, 0.2) is 0 Å². The van der Waals surface area contributed by atoms with Crippen LogP contribution in [0.15, 0.2) is 18.2 Å². The number of amides is 3. The zero-order chi connectivity index (χ0) is 20.6. The second kappa shape index (κ2) is 7.51. The molecule has 0 saturated carbocycles. The Hall–Kier alpha value is -2.46. The lowest BCUT2D eigenvalue weighted by molar-refractivity contribution is -0.00373. The minimum Gasteiger partial charge on any atom is -0.444 e. The predicted molar refractivity (Wildman–Crippen MR) is 106 cm³/mol. The molecule has 0 unspecified atom stereocenters. The molecular formula is C20H25ClN4O3. The van der Waals surface area contributed by atoms with Gasteiger partial charge in [0.25, 0.3) is 0 Å². The number of fused-ring (bicyclic) bond motifs is 1. The molecule has 0 aromatic heterocycles. The number of urea groups is 1. The summed E-state index contributed by atoms with van der Waals surface area (Å²) in [6.07, 6.45) is 0.370. The number of ether oxygens (including phenoxy) is 1. The van der Waals surface area contributed by atoms with Gasteiger partial charge in [-0.3, -0.25) is 4.90 Å². The molecule has 150 valence electrons. The molecule has 2 aliphatic rings. The number of halogens is 1. The highest BCUT2D eigenvalue weighted by atomic mass is 35.5. The third-order valence-corrected chi connectivity index (χ3v) is 5.27. The summed E-state index contributed by atoms with van der Waals surface area (Å²) in [5, 5.41) is 9.87. The molecule has 0 N–H and O–H groups in total. The number of anilines is 1. The summed E-state index contributed by atoms with van der Waals surface area (Å²) in [5.41, 5.74) is 0.328. The lowest BCUT2D eigenvalue weighted by Crippen LogP contribution is -2.59. The van der Waals surface area contributed by atoms with E-state index in [1.54, 1.807) is 32.9 Å². The van der Waals surface area contributed by atoms with Crippen LogP contribution >= 0.6 is 11.6 Å².